The average Bonchev–Trinajstić information content (AvgIpc) is 2.68. The number of nitrogens with two attached hydrogens (primary N) is 1. The number of ether oxygens (including phenoxy) is 2. The van der Waals surface area contributed by atoms with Gasteiger partial charge in [-0.25, -0.2) is 0 Å². The summed E-state index contributed by atoms with van der Waals surface area (Å²) < 4.78 is 10.8. The van der Waals surface area contributed by atoms with Crippen molar-refractivity contribution in [2.75, 3.05) is 57.1 Å². The van der Waals surface area contributed by atoms with Gasteiger partial charge in [-0.2, -0.15) is 0 Å². The number of piperazine rings is 1. The maximum Gasteiger partial charge on any atom is 0.119 e. The predicted molar refractivity (Wildman–Crippen MR) is 126 cm³/mol. The number of benzene rings is 2. The number of anilines is 2. The highest BCUT2D eigenvalue weighted by atomic mass is 35.5. The second kappa shape index (κ2) is 13.6. The van der Waals surface area contributed by atoms with Crippen molar-refractivity contribution in [2.45, 2.75) is 6.10 Å². The van der Waals surface area contributed by atoms with Crippen LogP contribution in [0.2, 0.25) is 0 Å². The monoisotopic (exact) mass is 465 g/mol. The summed E-state index contributed by atoms with van der Waals surface area (Å²) in [6.45, 7) is 4.62. The molecule has 0 amide bonds. The molecular weight excluding hydrogens is 437 g/mol. The highest BCUT2D eigenvalue weighted by molar-refractivity contribution is 5.86. The van der Waals surface area contributed by atoms with Gasteiger partial charge < -0.3 is 25.2 Å². The summed E-state index contributed by atoms with van der Waals surface area (Å²) in [6, 6.07) is 15.4. The van der Waals surface area contributed by atoms with Gasteiger partial charge in [0, 0.05) is 44.1 Å². The second-order valence-electron chi connectivity index (χ2n) is 6.52. The minimum Gasteiger partial charge on any atom is -0.497 e. The largest absolute Gasteiger partial charge is 0.497 e. The van der Waals surface area contributed by atoms with Gasteiger partial charge in [0.05, 0.1) is 7.11 Å². The van der Waals surface area contributed by atoms with E-state index in [1.807, 2.05) is 24.3 Å². The summed E-state index contributed by atoms with van der Waals surface area (Å²) in [5.41, 5.74) is 7.56. The Morgan fingerprint density at radius 3 is 2.00 bits per heavy atom. The molecule has 1 fully saturated rings. The van der Waals surface area contributed by atoms with Crippen molar-refractivity contribution in [2.24, 2.45) is 0 Å². The third kappa shape index (κ3) is 8.36. The zero-order chi connectivity index (χ0) is 18.4. The van der Waals surface area contributed by atoms with Crippen LogP contribution in [0, 0.1) is 0 Å². The van der Waals surface area contributed by atoms with Gasteiger partial charge in [0.25, 0.3) is 0 Å². The summed E-state index contributed by atoms with van der Waals surface area (Å²) in [4.78, 5) is 4.63. The van der Waals surface area contributed by atoms with Crippen LogP contribution in [0.3, 0.4) is 0 Å². The van der Waals surface area contributed by atoms with Crippen molar-refractivity contribution in [3.8, 4) is 11.5 Å². The summed E-state index contributed by atoms with van der Waals surface area (Å²) in [7, 11) is 1.68. The summed E-state index contributed by atoms with van der Waals surface area (Å²) in [5.74, 6) is 1.60. The number of nitrogen functional groups attached to an aromatic ring is 1. The van der Waals surface area contributed by atoms with E-state index in [0.29, 0.717) is 12.2 Å². The number of methoxy groups -OCH3 is 1. The lowest BCUT2D eigenvalue weighted by Crippen LogP contribution is -2.49. The molecule has 6 nitrogen and oxygen atoms in total. The minimum atomic E-state index is -0.514. The molecule has 1 heterocycles. The van der Waals surface area contributed by atoms with Crippen LogP contribution in [0.15, 0.2) is 48.5 Å². The topological polar surface area (TPSA) is 71.2 Å². The lowest BCUT2D eigenvalue weighted by Gasteiger charge is -2.36. The van der Waals surface area contributed by atoms with E-state index in [9.17, 15) is 5.11 Å². The fraction of sp³-hybridized carbons (Fsp3) is 0.400. The van der Waals surface area contributed by atoms with Gasteiger partial charge in [-0.3, -0.25) is 4.90 Å². The molecular formula is C20H30Cl3N3O3. The first-order valence-corrected chi connectivity index (χ1v) is 8.92. The highest BCUT2D eigenvalue weighted by Crippen LogP contribution is 2.20. The molecule has 0 bridgehead atoms. The van der Waals surface area contributed by atoms with Crippen molar-refractivity contribution in [1.29, 1.82) is 0 Å². The van der Waals surface area contributed by atoms with Gasteiger partial charge in [-0.05, 0) is 48.5 Å². The fourth-order valence-electron chi connectivity index (χ4n) is 3.09. The van der Waals surface area contributed by atoms with Crippen molar-refractivity contribution in [3.63, 3.8) is 0 Å². The number of halogens is 3. The zero-order valence-electron chi connectivity index (χ0n) is 16.4. The first kappa shape index (κ1) is 27.4. The molecule has 164 valence electrons. The molecule has 1 aliphatic rings. The van der Waals surface area contributed by atoms with Crippen LogP contribution in [-0.2, 0) is 0 Å². The van der Waals surface area contributed by atoms with Crippen LogP contribution >= 0.6 is 37.2 Å². The Morgan fingerprint density at radius 2 is 1.45 bits per heavy atom. The van der Waals surface area contributed by atoms with E-state index in [-0.39, 0.29) is 43.8 Å². The summed E-state index contributed by atoms with van der Waals surface area (Å²) in [5, 5.41) is 10.2. The van der Waals surface area contributed by atoms with Gasteiger partial charge >= 0.3 is 0 Å². The molecule has 2 aromatic carbocycles. The highest BCUT2D eigenvalue weighted by Gasteiger charge is 2.19. The number of rotatable bonds is 7. The van der Waals surface area contributed by atoms with Crippen molar-refractivity contribution in [1.82, 2.24) is 4.90 Å². The molecule has 29 heavy (non-hydrogen) atoms. The van der Waals surface area contributed by atoms with Crippen LogP contribution in [0.1, 0.15) is 0 Å². The van der Waals surface area contributed by atoms with E-state index < -0.39 is 6.10 Å². The maximum absolute atomic E-state index is 10.2. The number of β-amino-alcohol motifs (C(OH)–C–C–N with tert-alkyl or cyclic N) is 1. The van der Waals surface area contributed by atoms with Gasteiger partial charge in [0.2, 0.25) is 0 Å². The predicted octanol–water partition coefficient (Wildman–Crippen LogP) is 3.10. The van der Waals surface area contributed by atoms with Crippen LogP contribution in [0.5, 0.6) is 11.5 Å². The number of hydrogen-bond donors (Lipinski definition) is 2. The molecule has 3 rings (SSSR count). The molecule has 0 spiro atoms. The molecule has 0 saturated carbocycles. The second-order valence-corrected chi connectivity index (χ2v) is 6.52. The Labute approximate surface area is 191 Å². The molecule has 0 radical (unpaired) electrons. The summed E-state index contributed by atoms with van der Waals surface area (Å²) >= 11 is 0. The normalized spacial score (nSPS) is 14.6. The van der Waals surface area contributed by atoms with Crippen LogP contribution in [0.4, 0.5) is 11.4 Å². The Bertz CT molecular complexity index is 682. The zero-order valence-corrected chi connectivity index (χ0v) is 18.8. The Hall–Kier alpha value is -1.57. The van der Waals surface area contributed by atoms with E-state index in [1.54, 1.807) is 19.2 Å². The molecule has 0 aromatic heterocycles. The van der Waals surface area contributed by atoms with Crippen LogP contribution in [0.25, 0.3) is 0 Å². The van der Waals surface area contributed by atoms with E-state index in [4.69, 9.17) is 15.2 Å². The number of hydrogen-bond acceptors (Lipinski definition) is 6. The van der Waals surface area contributed by atoms with Crippen LogP contribution in [-0.4, -0.2) is 62.6 Å². The number of nitrogens with zero attached hydrogens (tertiary/aromatic N) is 2. The van der Waals surface area contributed by atoms with Crippen molar-refractivity contribution >= 4 is 48.6 Å². The lowest BCUT2D eigenvalue weighted by atomic mass is 10.2. The first-order valence-electron chi connectivity index (χ1n) is 8.92. The molecule has 0 aliphatic carbocycles. The molecule has 1 saturated heterocycles. The van der Waals surface area contributed by atoms with Crippen LogP contribution < -0.4 is 20.1 Å². The Morgan fingerprint density at radius 1 is 0.897 bits per heavy atom. The molecule has 1 unspecified atom stereocenters. The average molecular weight is 467 g/mol. The van der Waals surface area contributed by atoms with E-state index in [2.05, 4.69) is 21.9 Å². The van der Waals surface area contributed by atoms with Gasteiger partial charge in [0.15, 0.2) is 0 Å². The maximum atomic E-state index is 10.2. The van der Waals surface area contributed by atoms with Gasteiger partial charge in [0.1, 0.15) is 24.2 Å². The summed E-state index contributed by atoms with van der Waals surface area (Å²) in [6.07, 6.45) is -0.514. The first-order chi connectivity index (χ1) is 12.6. The molecule has 2 aromatic rings. The SMILES string of the molecule is COc1ccc(N2CCN(CC(O)COc3ccc(N)cc3)CC2)cc1.Cl.Cl.Cl. The Balaban J connectivity index is 0.00000261. The van der Waals surface area contributed by atoms with E-state index in [0.717, 1.165) is 37.7 Å². The third-order valence-electron chi connectivity index (χ3n) is 4.60. The van der Waals surface area contributed by atoms with Crippen molar-refractivity contribution in [3.05, 3.63) is 48.5 Å². The smallest absolute Gasteiger partial charge is 0.119 e. The molecule has 1 atom stereocenters. The quantitative estimate of drug-likeness (QED) is 0.611. The van der Waals surface area contributed by atoms with E-state index in [1.165, 1.54) is 5.69 Å². The third-order valence-corrected chi connectivity index (χ3v) is 4.60. The van der Waals surface area contributed by atoms with Crippen molar-refractivity contribution < 1.29 is 14.6 Å². The molecule has 9 heteroatoms. The van der Waals surface area contributed by atoms with E-state index >= 15 is 0 Å². The molecule has 1 aliphatic heterocycles. The lowest BCUT2D eigenvalue weighted by molar-refractivity contribution is 0.0663. The Kier molecular flexibility index (Phi) is 12.9. The standard InChI is InChI=1S/C20H27N3O3.3ClH/c1-25-19-8-4-17(5-9-19)23-12-10-22(11-13-23)14-18(24)15-26-20-6-2-16(21)3-7-20;;;/h2-9,18,24H,10-15,21H2,1H3;3*1H. The number of aliphatic hydroxyl groups excluding tert-OH is 1. The fourth-order valence-corrected chi connectivity index (χ4v) is 3.09. The van der Waals surface area contributed by atoms with Gasteiger partial charge in [-0.1, -0.05) is 0 Å². The minimum absolute atomic E-state index is 0. The number of aliphatic hydroxyl groups is 1. The van der Waals surface area contributed by atoms with Gasteiger partial charge in [-0.15, -0.1) is 37.2 Å². The molecule has 3 N–H and O–H groups in total.